The predicted molar refractivity (Wildman–Crippen MR) is 50.5 cm³/mol. The van der Waals surface area contributed by atoms with Crippen LogP contribution in [0.4, 0.5) is 0 Å². The van der Waals surface area contributed by atoms with Crippen molar-refractivity contribution in [3.05, 3.63) is 47.5 Å². The quantitative estimate of drug-likeness (QED) is 0.721. The summed E-state index contributed by atoms with van der Waals surface area (Å²) in [6.45, 7) is 0. The van der Waals surface area contributed by atoms with E-state index in [2.05, 4.69) is 0 Å². The zero-order valence-electron chi connectivity index (χ0n) is 6.40. The van der Waals surface area contributed by atoms with Gasteiger partial charge in [-0.2, -0.15) is 0 Å². The third-order valence-electron chi connectivity index (χ3n) is 1.29. The molecule has 1 heterocycles. The molecule has 3 heteroatoms. The molecule has 1 aromatic heterocycles. The summed E-state index contributed by atoms with van der Waals surface area (Å²) in [4.78, 5) is 10.6. The largest absolute Gasteiger partial charge is 0.478 e. The van der Waals surface area contributed by atoms with Crippen LogP contribution in [-0.4, -0.2) is 11.1 Å². The summed E-state index contributed by atoms with van der Waals surface area (Å²) in [6, 6.07) is 8.91. The third kappa shape index (κ3) is 2.77. The minimum Gasteiger partial charge on any atom is -0.478 e. The number of carboxylic acid groups (broad SMARTS) is 1. The van der Waals surface area contributed by atoms with Gasteiger partial charge < -0.3 is 5.11 Å². The topological polar surface area (TPSA) is 37.3 Å². The summed E-state index contributed by atoms with van der Waals surface area (Å²) < 4.78 is 0. The fourth-order valence-corrected chi connectivity index (χ4v) is 1.44. The van der Waals surface area contributed by atoms with Crippen LogP contribution in [0.15, 0.2) is 41.9 Å². The maximum absolute atomic E-state index is 10.6. The molecule has 1 N–H and O–H groups in total. The molecule has 0 aromatic carbocycles. The highest BCUT2D eigenvalue weighted by Crippen LogP contribution is 2.03. The standard InChI is InChI=1S/C9H9O2P/c10-9(11)8-5-3-1-2-4-6-12-7-8/h1-7,12H,(H,10,11). The number of aromatic carboxylic acids is 1. The lowest BCUT2D eigenvalue weighted by atomic mass is 10.3. The van der Waals surface area contributed by atoms with Gasteiger partial charge in [0.25, 0.3) is 0 Å². The minimum atomic E-state index is -0.873. The van der Waals surface area contributed by atoms with E-state index in [0.717, 1.165) is 0 Å². The summed E-state index contributed by atoms with van der Waals surface area (Å²) in [5, 5.41) is 8.68. The van der Waals surface area contributed by atoms with Crippen LogP contribution in [0.2, 0.25) is 0 Å². The zero-order valence-corrected chi connectivity index (χ0v) is 7.40. The van der Waals surface area contributed by atoms with Gasteiger partial charge in [0.05, 0.1) is 5.56 Å². The Labute approximate surface area is 72.3 Å². The van der Waals surface area contributed by atoms with E-state index in [1.807, 2.05) is 24.0 Å². The number of hydrogen-bond acceptors (Lipinski definition) is 1. The molecule has 1 atom stereocenters. The van der Waals surface area contributed by atoms with Gasteiger partial charge >= 0.3 is 5.97 Å². The van der Waals surface area contributed by atoms with Gasteiger partial charge in [-0.3, -0.25) is 0 Å². The van der Waals surface area contributed by atoms with Crippen molar-refractivity contribution in [2.45, 2.75) is 0 Å². The Kier molecular flexibility index (Phi) is 3.36. The maximum atomic E-state index is 10.6. The predicted octanol–water partition coefficient (Wildman–Crippen LogP) is 2.54. The van der Waals surface area contributed by atoms with Gasteiger partial charge in [0.15, 0.2) is 0 Å². The molecule has 0 saturated carbocycles. The molecular weight excluding hydrogens is 171 g/mol. The highest BCUT2D eigenvalue weighted by molar-refractivity contribution is 7.28. The molecule has 1 unspecified atom stereocenters. The van der Waals surface area contributed by atoms with Crippen molar-refractivity contribution in [1.82, 2.24) is 0 Å². The van der Waals surface area contributed by atoms with Crippen LogP contribution in [0.5, 0.6) is 0 Å². The molecule has 0 aliphatic carbocycles. The van der Waals surface area contributed by atoms with Crippen molar-refractivity contribution in [1.29, 1.82) is 0 Å². The summed E-state index contributed by atoms with van der Waals surface area (Å²) in [7, 11) is 0.433. The van der Waals surface area contributed by atoms with E-state index in [1.165, 1.54) is 0 Å². The Morgan fingerprint density at radius 2 is 2.00 bits per heavy atom. The second kappa shape index (κ2) is 4.58. The monoisotopic (exact) mass is 180 g/mol. The van der Waals surface area contributed by atoms with Crippen molar-refractivity contribution in [2.75, 3.05) is 0 Å². The van der Waals surface area contributed by atoms with E-state index < -0.39 is 5.97 Å². The van der Waals surface area contributed by atoms with Crippen molar-refractivity contribution in [2.24, 2.45) is 0 Å². The minimum absolute atomic E-state index is 0.351. The van der Waals surface area contributed by atoms with Crippen LogP contribution in [0.1, 0.15) is 10.4 Å². The van der Waals surface area contributed by atoms with Crippen LogP contribution in [0, 0.1) is 0 Å². The average Bonchev–Trinajstić information content (AvgIpc) is 2.15. The van der Waals surface area contributed by atoms with E-state index in [1.54, 1.807) is 17.9 Å². The van der Waals surface area contributed by atoms with Crippen LogP contribution in [0.3, 0.4) is 0 Å². The van der Waals surface area contributed by atoms with Gasteiger partial charge in [-0.1, -0.05) is 24.3 Å². The molecule has 62 valence electrons. The van der Waals surface area contributed by atoms with Crippen molar-refractivity contribution >= 4 is 14.2 Å². The fraction of sp³-hybridized carbons (Fsp3) is 0. The Morgan fingerprint density at radius 1 is 1.25 bits per heavy atom. The molecule has 0 spiro atoms. The molecule has 0 aliphatic heterocycles. The lowest BCUT2D eigenvalue weighted by Crippen LogP contribution is -1.92. The maximum Gasteiger partial charge on any atom is 0.336 e. The third-order valence-corrected chi connectivity index (χ3v) is 2.15. The second-order valence-corrected chi connectivity index (χ2v) is 3.13. The van der Waals surface area contributed by atoms with Gasteiger partial charge in [-0.15, -0.1) is 8.19 Å². The lowest BCUT2D eigenvalue weighted by molar-refractivity contribution is 0.0697. The molecule has 0 bridgehead atoms. The van der Waals surface area contributed by atoms with E-state index in [9.17, 15) is 4.79 Å². The Hall–Kier alpha value is -1.27. The Bertz CT molecular complexity index is 292. The van der Waals surface area contributed by atoms with Gasteiger partial charge in [-0.05, 0) is 17.7 Å². The number of rotatable bonds is 1. The molecule has 0 amide bonds. The van der Waals surface area contributed by atoms with Gasteiger partial charge in [0.2, 0.25) is 0 Å². The SMILES string of the molecule is O=C(O)c1cccccc[pH]c1. The fourth-order valence-electron chi connectivity index (χ4n) is 0.718. The molecule has 12 heavy (non-hydrogen) atoms. The van der Waals surface area contributed by atoms with E-state index >= 15 is 0 Å². The molecule has 0 fully saturated rings. The molecule has 0 radical (unpaired) electrons. The summed E-state index contributed by atoms with van der Waals surface area (Å²) in [5.74, 6) is 2.77. The molecule has 1 rings (SSSR count). The average molecular weight is 180 g/mol. The molecule has 0 saturated heterocycles. The van der Waals surface area contributed by atoms with Crippen molar-refractivity contribution in [3.8, 4) is 0 Å². The first-order valence-electron chi connectivity index (χ1n) is 3.50. The number of hydrogen-bond donors (Lipinski definition) is 1. The zero-order chi connectivity index (χ0) is 8.81. The lowest BCUT2D eigenvalue weighted by Gasteiger charge is -1.84. The summed E-state index contributed by atoms with van der Waals surface area (Å²) in [6.07, 6.45) is 0. The molecule has 0 aliphatic rings. The van der Waals surface area contributed by atoms with Crippen LogP contribution in [0.25, 0.3) is 0 Å². The highest BCUT2D eigenvalue weighted by atomic mass is 31.0. The van der Waals surface area contributed by atoms with E-state index in [-0.39, 0.29) is 0 Å². The van der Waals surface area contributed by atoms with E-state index in [0.29, 0.717) is 13.8 Å². The number of carboxylic acids is 1. The van der Waals surface area contributed by atoms with Gasteiger partial charge in [0, 0.05) is 0 Å². The first-order valence-corrected chi connectivity index (χ1v) is 4.65. The normalized spacial score (nSPS) is 9.33. The molecular formula is C9H9O2P. The van der Waals surface area contributed by atoms with Crippen LogP contribution in [-0.2, 0) is 0 Å². The van der Waals surface area contributed by atoms with Crippen molar-refractivity contribution in [3.63, 3.8) is 0 Å². The van der Waals surface area contributed by atoms with Crippen LogP contribution >= 0.6 is 8.19 Å². The Morgan fingerprint density at radius 3 is 2.75 bits per heavy atom. The highest BCUT2D eigenvalue weighted by Gasteiger charge is 1.95. The van der Waals surface area contributed by atoms with Crippen molar-refractivity contribution < 1.29 is 9.90 Å². The van der Waals surface area contributed by atoms with Crippen LogP contribution < -0.4 is 0 Å². The first kappa shape index (κ1) is 8.82. The second-order valence-electron chi connectivity index (χ2n) is 2.17. The van der Waals surface area contributed by atoms with Gasteiger partial charge in [0.1, 0.15) is 0 Å². The Balaban J connectivity index is 3.19. The number of carbonyl (C=O) groups is 1. The molecule has 1 aromatic rings. The van der Waals surface area contributed by atoms with Gasteiger partial charge in [-0.25, -0.2) is 4.79 Å². The summed E-state index contributed by atoms with van der Waals surface area (Å²) >= 11 is 0. The summed E-state index contributed by atoms with van der Waals surface area (Å²) in [5.41, 5.74) is 0.351. The smallest absolute Gasteiger partial charge is 0.336 e. The first-order chi connectivity index (χ1) is 5.80. The molecule has 2 nitrogen and oxygen atoms in total. The van der Waals surface area contributed by atoms with E-state index in [4.69, 9.17) is 5.11 Å².